The molecular formula is C19H19FN4OS. The third-order valence-corrected chi connectivity index (χ3v) is 4.51. The minimum absolute atomic E-state index is 0.124. The maximum atomic E-state index is 12.9. The van der Waals surface area contributed by atoms with Crippen molar-refractivity contribution < 1.29 is 9.18 Å². The van der Waals surface area contributed by atoms with Gasteiger partial charge in [0.05, 0.1) is 11.3 Å². The molecule has 1 aromatic heterocycles. The number of benzene rings is 2. The number of aromatic nitrogens is 2. The van der Waals surface area contributed by atoms with Crippen LogP contribution in [0.3, 0.4) is 0 Å². The average Bonchev–Trinajstić information content (AvgIpc) is 2.66. The number of carbonyl (C=O) groups excluding carboxylic acids is 1. The predicted octanol–water partition coefficient (Wildman–Crippen LogP) is 3.61. The molecular weight excluding hydrogens is 351 g/mol. The minimum atomic E-state index is -0.291. The van der Waals surface area contributed by atoms with E-state index in [-0.39, 0.29) is 17.5 Å². The Bertz CT molecular complexity index is 902. The third-order valence-electron chi connectivity index (χ3n) is 3.66. The molecule has 3 aromatic rings. The molecule has 0 unspecified atom stereocenters. The number of fused-ring (bicyclic) bond motifs is 1. The Balaban J connectivity index is 1.61. The van der Waals surface area contributed by atoms with Crippen LogP contribution in [0.4, 0.5) is 10.2 Å². The highest BCUT2D eigenvalue weighted by atomic mass is 32.2. The Morgan fingerprint density at radius 1 is 1.12 bits per heavy atom. The zero-order chi connectivity index (χ0) is 18.4. The first-order chi connectivity index (χ1) is 12.7. The van der Waals surface area contributed by atoms with E-state index >= 15 is 0 Å². The molecule has 0 aliphatic heterocycles. The Hall–Kier alpha value is -2.67. The molecule has 2 aromatic carbocycles. The molecule has 0 saturated carbocycles. The maximum absolute atomic E-state index is 12.9. The van der Waals surface area contributed by atoms with Crippen molar-refractivity contribution in [2.75, 3.05) is 17.6 Å². The third kappa shape index (κ3) is 4.70. The zero-order valence-electron chi connectivity index (χ0n) is 14.3. The molecule has 0 bridgehead atoms. The summed E-state index contributed by atoms with van der Waals surface area (Å²) in [5.41, 5.74) is 1.69. The van der Waals surface area contributed by atoms with E-state index in [4.69, 9.17) is 0 Å². The van der Waals surface area contributed by atoms with Crippen molar-refractivity contribution in [2.24, 2.45) is 0 Å². The van der Waals surface area contributed by atoms with Crippen LogP contribution >= 0.6 is 11.8 Å². The van der Waals surface area contributed by atoms with Crippen molar-refractivity contribution in [2.45, 2.75) is 18.6 Å². The first-order valence-corrected chi connectivity index (χ1v) is 9.29. The SMILES string of the molecule is CCNc1nc(SCC(=O)NCc2ccc(F)cc2)nc2ccccc12. The number of anilines is 1. The lowest BCUT2D eigenvalue weighted by Crippen LogP contribution is -2.24. The highest BCUT2D eigenvalue weighted by molar-refractivity contribution is 7.99. The number of hydrogen-bond donors (Lipinski definition) is 2. The van der Waals surface area contributed by atoms with Crippen LogP contribution < -0.4 is 10.6 Å². The number of para-hydroxylation sites is 1. The molecule has 0 radical (unpaired) electrons. The summed E-state index contributed by atoms with van der Waals surface area (Å²) >= 11 is 1.29. The van der Waals surface area contributed by atoms with Crippen LogP contribution in [0.5, 0.6) is 0 Å². The number of thioether (sulfide) groups is 1. The minimum Gasteiger partial charge on any atom is -0.370 e. The van der Waals surface area contributed by atoms with Gasteiger partial charge in [-0.05, 0) is 36.8 Å². The molecule has 1 heterocycles. The highest BCUT2D eigenvalue weighted by Gasteiger charge is 2.09. The lowest BCUT2D eigenvalue weighted by Gasteiger charge is -2.09. The van der Waals surface area contributed by atoms with E-state index in [2.05, 4.69) is 20.6 Å². The van der Waals surface area contributed by atoms with Gasteiger partial charge in [0.15, 0.2) is 5.16 Å². The lowest BCUT2D eigenvalue weighted by molar-refractivity contribution is -0.118. The second-order valence-corrected chi connectivity index (χ2v) is 6.54. The number of hydrogen-bond acceptors (Lipinski definition) is 5. The Labute approximate surface area is 155 Å². The van der Waals surface area contributed by atoms with Crippen LogP contribution in [-0.2, 0) is 11.3 Å². The van der Waals surface area contributed by atoms with Crippen LogP contribution in [0.1, 0.15) is 12.5 Å². The average molecular weight is 370 g/mol. The Morgan fingerprint density at radius 2 is 1.88 bits per heavy atom. The van der Waals surface area contributed by atoms with Crippen molar-refractivity contribution >= 4 is 34.4 Å². The second-order valence-electron chi connectivity index (χ2n) is 5.59. The van der Waals surface area contributed by atoms with Crippen LogP contribution in [0.25, 0.3) is 10.9 Å². The molecule has 3 rings (SSSR count). The van der Waals surface area contributed by atoms with Crippen molar-refractivity contribution in [1.82, 2.24) is 15.3 Å². The van der Waals surface area contributed by atoms with E-state index in [0.29, 0.717) is 11.7 Å². The fraction of sp³-hybridized carbons (Fsp3) is 0.211. The van der Waals surface area contributed by atoms with Gasteiger partial charge in [0, 0.05) is 18.5 Å². The number of rotatable bonds is 7. The van der Waals surface area contributed by atoms with Crippen LogP contribution in [0.15, 0.2) is 53.7 Å². The standard InChI is InChI=1S/C19H19FN4OS/c1-2-21-18-15-5-3-4-6-16(15)23-19(24-18)26-12-17(25)22-11-13-7-9-14(20)10-8-13/h3-10H,2,11-12H2,1H3,(H,22,25)(H,21,23,24). The molecule has 0 aliphatic rings. The molecule has 0 spiro atoms. The van der Waals surface area contributed by atoms with Gasteiger partial charge in [-0.3, -0.25) is 4.79 Å². The van der Waals surface area contributed by atoms with E-state index in [1.54, 1.807) is 12.1 Å². The zero-order valence-corrected chi connectivity index (χ0v) is 15.1. The molecule has 134 valence electrons. The van der Waals surface area contributed by atoms with Crippen molar-refractivity contribution in [1.29, 1.82) is 0 Å². The maximum Gasteiger partial charge on any atom is 0.230 e. The summed E-state index contributed by atoms with van der Waals surface area (Å²) in [6.45, 7) is 3.12. The van der Waals surface area contributed by atoms with Crippen LogP contribution in [-0.4, -0.2) is 28.2 Å². The highest BCUT2D eigenvalue weighted by Crippen LogP contribution is 2.24. The van der Waals surface area contributed by atoms with Gasteiger partial charge in [-0.1, -0.05) is 36.0 Å². The number of nitrogens with one attached hydrogen (secondary N) is 2. The molecule has 5 nitrogen and oxygen atoms in total. The molecule has 7 heteroatoms. The quantitative estimate of drug-likeness (QED) is 0.491. The molecule has 0 atom stereocenters. The molecule has 26 heavy (non-hydrogen) atoms. The topological polar surface area (TPSA) is 66.9 Å². The van der Waals surface area contributed by atoms with Gasteiger partial charge in [0.25, 0.3) is 0 Å². The summed E-state index contributed by atoms with van der Waals surface area (Å²) in [6, 6.07) is 13.8. The summed E-state index contributed by atoms with van der Waals surface area (Å²) in [7, 11) is 0. The largest absolute Gasteiger partial charge is 0.370 e. The van der Waals surface area contributed by atoms with Gasteiger partial charge >= 0.3 is 0 Å². The van der Waals surface area contributed by atoms with Gasteiger partial charge < -0.3 is 10.6 Å². The van der Waals surface area contributed by atoms with Crippen molar-refractivity contribution in [3.05, 3.63) is 59.9 Å². The van der Waals surface area contributed by atoms with E-state index < -0.39 is 0 Å². The number of nitrogens with zero attached hydrogens (tertiary/aromatic N) is 2. The van der Waals surface area contributed by atoms with Crippen LogP contribution in [0, 0.1) is 5.82 Å². The van der Waals surface area contributed by atoms with Gasteiger partial charge in [-0.25, -0.2) is 14.4 Å². The molecule has 0 aliphatic carbocycles. The van der Waals surface area contributed by atoms with Gasteiger partial charge in [0.1, 0.15) is 11.6 Å². The van der Waals surface area contributed by atoms with Gasteiger partial charge in [-0.2, -0.15) is 0 Å². The van der Waals surface area contributed by atoms with Crippen molar-refractivity contribution in [3.8, 4) is 0 Å². The van der Waals surface area contributed by atoms with Crippen LogP contribution in [0.2, 0.25) is 0 Å². The predicted molar refractivity (Wildman–Crippen MR) is 103 cm³/mol. The summed E-state index contributed by atoms with van der Waals surface area (Å²) < 4.78 is 12.9. The van der Waals surface area contributed by atoms with Crippen molar-refractivity contribution in [3.63, 3.8) is 0 Å². The first-order valence-electron chi connectivity index (χ1n) is 8.30. The smallest absolute Gasteiger partial charge is 0.230 e. The summed E-state index contributed by atoms with van der Waals surface area (Å²) in [4.78, 5) is 21.1. The Kier molecular flexibility index (Phi) is 6.01. The van der Waals surface area contributed by atoms with E-state index in [0.717, 1.165) is 28.8 Å². The summed E-state index contributed by atoms with van der Waals surface area (Å²) in [5, 5.41) is 7.56. The second kappa shape index (κ2) is 8.62. The fourth-order valence-electron chi connectivity index (χ4n) is 2.41. The lowest BCUT2D eigenvalue weighted by atomic mass is 10.2. The van der Waals surface area contributed by atoms with Gasteiger partial charge in [-0.15, -0.1) is 0 Å². The summed E-state index contributed by atoms with van der Waals surface area (Å²) in [6.07, 6.45) is 0. The Morgan fingerprint density at radius 3 is 2.65 bits per heavy atom. The normalized spacial score (nSPS) is 10.7. The number of amides is 1. The van der Waals surface area contributed by atoms with Gasteiger partial charge in [0.2, 0.25) is 5.91 Å². The number of halogens is 1. The summed E-state index contributed by atoms with van der Waals surface area (Å²) in [5.74, 6) is 0.569. The molecule has 2 N–H and O–H groups in total. The number of carbonyl (C=O) groups is 1. The van der Waals surface area contributed by atoms with E-state index in [9.17, 15) is 9.18 Å². The molecule has 1 amide bonds. The molecule has 0 saturated heterocycles. The molecule has 0 fully saturated rings. The monoisotopic (exact) mass is 370 g/mol. The van der Waals surface area contributed by atoms with E-state index in [1.807, 2.05) is 31.2 Å². The fourth-order valence-corrected chi connectivity index (χ4v) is 3.09. The van der Waals surface area contributed by atoms with E-state index in [1.165, 1.54) is 23.9 Å². The first kappa shape index (κ1) is 18.1.